The lowest BCUT2D eigenvalue weighted by atomic mass is 9.95. The van der Waals surface area contributed by atoms with Crippen LogP contribution in [0.25, 0.3) is 0 Å². The molecule has 0 saturated carbocycles. The second kappa shape index (κ2) is 5.97. The van der Waals surface area contributed by atoms with Gasteiger partial charge in [-0.15, -0.1) is 0 Å². The molecule has 0 aliphatic heterocycles. The van der Waals surface area contributed by atoms with Crippen LogP contribution in [0.4, 0.5) is 4.39 Å². The van der Waals surface area contributed by atoms with Gasteiger partial charge in [0, 0.05) is 29.5 Å². The van der Waals surface area contributed by atoms with Gasteiger partial charge in [-0.2, -0.15) is 0 Å². The molecule has 4 heteroatoms. The van der Waals surface area contributed by atoms with E-state index >= 15 is 0 Å². The summed E-state index contributed by atoms with van der Waals surface area (Å²) in [4.78, 5) is 11.8. The van der Waals surface area contributed by atoms with Crippen molar-refractivity contribution < 1.29 is 9.18 Å². The van der Waals surface area contributed by atoms with E-state index in [9.17, 15) is 9.18 Å². The van der Waals surface area contributed by atoms with Crippen LogP contribution in [0.2, 0.25) is 5.02 Å². The summed E-state index contributed by atoms with van der Waals surface area (Å²) in [6.45, 7) is 2.18. The zero-order valence-corrected chi connectivity index (χ0v) is 9.93. The lowest BCUT2D eigenvalue weighted by molar-refractivity contribution is -0.122. The SMILES string of the molecule is CCC(CN)C(=O)Cc1c(F)cccc1Cl. The Hall–Kier alpha value is -0.930. The minimum Gasteiger partial charge on any atom is -0.330 e. The van der Waals surface area contributed by atoms with E-state index in [4.69, 9.17) is 17.3 Å². The quantitative estimate of drug-likeness (QED) is 0.864. The summed E-state index contributed by atoms with van der Waals surface area (Å²) < 4.78 is 13.4. The van der Waals surface area contributed by atoms with E-state index < -0.39 is 5.82 Å². The number of rotatable bonds is 5. The van der Waals surface area contributed by atoms with Gasteiger partial charge in [-0.3, -0.25) is 4.79 Å². The number of hydrogen-bond donors (Lipinski definition) is 1. The molecule has 0 bridgehead atoms. The zero-order valence-electron chi connectivity index (χ0n) is 9.17. The number of carbonyl (C=O) groups is 1. The Labute approximate surface area is 99.6 Å². The maximum Gasteiger partial charge on any atom is 0.141 e. The van der Waals surface area contributed by atoms with Crippen molar-refractivity contribution in [2.45, 2.75) is 19.8 Å². The maximum absolute atomic E-state index is 13.4. The van der Waals surface area contributed by atoms with Crippen molar-refractivity contribution in [3.8, 4) is 0 Å². The minimum absolute atomic E-state index is 0.0151. The predicted octanol–water partition coefficient (Wildman–Crippen LogP) is 2.58. The molecule has 0 amide bonds. The molecule has 88 valence electrons. The highest BCUT2D eigenvalue weighted by atomic mass is 35.5. The molecule has 0 aromatic heterocycles. The molecule has 2 N–H and O–H groups in total. The first-order chi connectivity index (χ1) is 7.60. The topological polar surface area (TPSA) is 43.1 Å². The van der Waals surface area contributed by atoms with Gasteiger partial charge in [-0.25, -0.2) is 4.39 Å². The van der Waals surface area contributed by atoms with Crippen LogP contribution >= 0.6 is 11.6 Å². The Balaban J connectivity index is 2.84. The summed E-state index contributed by atoms with van der Waals surface area (Å²) >= 11 is 5.84. The van der Waals surface area contributed by atoms with Crippen LogP contribution in [-0.2, 0) is 11.2 Å². The molecule has 0 fully saturated rings. The first-order valence-corrected chi connectivity index (χ1v) is 5.63. The van der Waals surface area contributed by atoms with Crippen LogP contribution in [0.3, 0.4) is 0 Å². The molecule has 1 unspecified atom stereocenters. The van der Waals surface area contributed by atoms with Gasteiger partial charge in [0.2, 0.25) is 0 Å². The van der Waals surface area contributed by atoms with Gasteiger partial charge >= 0.3 is 0 Å². The number of Topliss-reactive ketones (excluding diaryl/α,β-unsaturated/α-hetero) is 1. The molecule has 0 spiro atoms. The summed E-state index contributed by atoms with van der Waals surface area (Å²) in [5, 5.41) is 0.292. The standard InChI is InChI=1S/C12H15ClFNO/c1-2-8(7-15)12(16)6-9-10(13)4-3-5-11(9)14/h3-5,8H,2,6-7,15H2,1H3. The molecule has 1 atom stereocenters. The van der Waals surface area contributed by atoms with Gasteiger partial charge in [-0.1, -0.05) is 24.6 Å². The van der Waals surface area contributed by atoms with Gasteiger partial charge in [-0.05, 0) is 18.6 Å². The van der Waals surface area contributed by atoms with Gasteiger partial charge < -0.3 is 5.73 Å². The Morgan fingerprint density at radius 3 is 2.75 bits per heavy atom. The number of halogens is 2. The number of benzene rings is 1. The second-order valence-corrected chi connectivity index (χ2v) is 4.09. The number of carbonyl (C=O) groups excluding carboxylic acids is 1. The van der Waals surface area contributed by atoms with E-state index in [0.717, 1.165) is 0 Å². The highest BCUT2D eigenvalue weighted by Gasteiger charge is 2.18. The van der Waals surface area contributed by atoms with Crippen LogP contribution in [-0.4, -0.2) is 12.3 Å². The van der Waals surface area contributed by atoms with Gasteiger partial charge in [0.15, 0.2) is 0 Å². The molecule has 16 heavy (non-hydrogen) atoms. The van der Waals surface area contributed by atoms with Crippen molar-refractivity contribution in [1.82, 2.24) is 0 Å². The van der Waals surface area contributed by atoms with Crippen LogP contribution < -0.4 is 5.73 Å². The third-order valence-corrected chi connectivity index (χ3v) is 3.00. The maximum atomic E-state index is 13.4. The molecule has 0 aliphatic rings. The average Bonchev–Trinajstić information content (AvgIpc) is 2.25. The van der Waals surface area contributed by atoms with E-state index in [-0.39, 0.29) is 23.7 Å². The van der Waals surface area contributed by atoms with Gasteiger partial charge in [0.1, 0.15) is 11.6 Å². The molecule has 1 aromatic carbocycles. The minimum atomic E-state index is -0.437. The largest absolute Gasteiger partial charge is 0.330 e. The normalized spacial score (nSPS) is 12.5. The predicted molar refractivity (Wildman–Crippen MR) is 63.0 cm³/mol. The number of nitrogens with two attached hydrogens (primary N) is 1. The lowest BCUT2D eigenvalue weighted by Gasteiger charge is -2.11. The molecule has 2 nitrogen and oxygen atoms in total. The smallest absolute Gasteiger partial charge is 0.141 e. The molecule has 0 radical (unpaired) electrons. The van der Waals surface area contributed by atoms with Crippen LogP contribution in [0, 0.1) is 11.7 Å². The molecule has 0 heterocycles. The fraction of sp³-hybridized carbons (Fsp3) is 0.417. The first-order valence-electron chi connectivity index (χ1n) is 5.25. The molecule has 1 aromatic rings. The molecular formula is C12H15ClFNO. The molecule has 1 rings (SSSR count). The van der Waals surface area contributed by atoms with E-state index in [1.54, 1.807) is 6.07 Å². The van der Waals surface area contributed by atoms with Crippen molar-refractivity contribution in [3.63, 3.8) is 0 Å². The summed E-state index contributed by atoms with van der Waals surface area (Å²) in [5.41, 5.74) is 5.73. The second-order valence-electron chi connectivity index (χ2n) is 3.68. The van der Waals surface area contributed by atoms with Gasteiger partial charge in [0.05, 0.1) is 0 Å². The van der Waals surface area contributed by atoms with Gasteiger partial charge in [0.25, 0.3) is 0 Å². The molecular weight excluding hydrogens is 229 g/mol. The van der Waals surface area contributed by atoms with Crippen molar-refractivity contribution >= 4 is 17.4 Å². The Morgan fingerprint density at radius 1 is 1.56 bits per heavy atom. The first kappa shape index (κ1) is 13.1. The molecule has 0 aliphatic carbocycles. The summed E-state index contributed by atoms with van der Waals surface area (Å²) in [6, 6.07) is 4.40. The number of ketones is 1. The Bertz CT molecular complexity index is 357. The molecule has 0 saturated heterocycles. The van der Waals surface area contributed by atoms with E-state index in [1.807, 2.05) is 6.92 Å². The number of hydrogen-bond acceptors (Lipinski definition) is 2. The van der Waals surface area contributed by atoms with Crippen LogP contribution in [0.1, 0.15) is 18.9 Å². The third-order valence-electron chi connectivity index (χ3n) is 2.65. The van der Waals surface area contributed by atoms with E-state index in [1.165, 1.54) is 12.1 Å². The summed E-state index contributed by atoms with van der Waals surface area (Å²) in [5.74, 6) is -0.708. The highest BCUT2D eigenvalue weighted by Crippen LogP contribution is 2.21. The van der Waals surface area contributed by atoms with Crippen LogP contribution in [0.15, 0.2) is 18.2 Å². The summed E-state index contributed by atoms with van der Waals surface area (Å²) in [6.07, 6.45) is 0.683. The fourth-order valence-corrected chi connectivity index (χ4v) is 1.78. The third kappa shape index (κ3) is 3.03. The summed E-state index contributed by atoms with van der Waals surface area (Å²) in [7, 11) is 0. The Kier molecular flexibility index (Phi) is 4.90. The zero-order chi connectivity index (χ0) is 12.1. The average molecular weight is 244 g/mol. The van der Waals surface area contributed by atoms with Crippen molar-refractivity contribution in [2.24, 2.45) is 11.7 Å². The highest BCUT2D eigenvalue weighted by molar-refractivity contribution is 6.31. The Morgan fingerprint density at radius 2 is 2.25 bits per heavy atom. The van der Waals surface area contributed by atoms with Crippen molar-refractivity contribution in [1.29, 1.82) is 0 Å². The van der Waals surface area contributed by atoms with E-state index in [2.05, 4.69) is 0 Å². The lowest BCUT2D eigenvalue weighted by Crippen LogP contribution is -2.24. The van der Waals surface area contributed by atoms with Crippen molar-refractivity contribution in [3.05, 3.63) is 34.6 Å². The monoisotopic (exact) mass is 243 g/mol. The van der Waals surface area contributed by atoms with Crippen molar-refractivity contribution in [2.75, 3.05) is 6.54 Å². The van der Waals surface area contributed by atoms with E-state index in [0.29, 0.717) is 18.0 Å². The van der Waals surface area contributed by atoms with Crippen LogP contribution in [0.5, 0.6) is 0 Å². The fourth-order valence-electron chi connectivity index (χ4n) is 1.55.